The Kier molecular flexibility index (Phi) is 3.68. The summed E-state index contributed by atoms with van der Waals surface area (Å²) in [4.78, 5) is 23.4. The normalized spacial score (nSPS) is 15.4. The zero-order valence-electron chi connectivity index (χ0n) is 16.9. The van der Waals surface area contributed by atoms with Crippen molar-refractivity contribution in [3.8, 4) is 22.5 Å². The first kappa shape index (κ1) is 17.7. The summed E-state index contributed by atoms with van der Waals surface area (Å²) in [5.74, 6) is 0.731. The number of rotatable bonds is 3. The van der Waals surface area contributed by atoms with E-state index in [1.165, 1.54) is 0 Å². The molecule has 0 bridgehead atoms. The molecule has 0 spiro atoms. The van der Waals surface area contributed by atoms with Gasteiger partial charge in [0, 0.05) is 40.3 Å². The van der Waals surface area contributed by atoms with Crippen molar-refractivity contribution in [3.05, 3.63) is 47.0 Å². The van der Waals surface area contributed by atoms with E-state index in [9.17, 15) is 4.79 Å². The van der Waals surface area contributed by atoms with Gasteiger partial charge in [0.25, 0.3) is 5.56 Å². The standard InChI is InChI=1S/C21H23N7O/c1-12(2)28-20-24-17(8-19(29)27(20)11-21(28,3)4)15-9-22-16-6-5-13(7-14(15)16)18-10-23-26-25-18/h5-10,12,22H,11H2,1-4H3,(H,23,25,26). The molecular weight excluding hydrogens is 366 g/mol. The van der Waals surface area contributed by atoms with Crippen molar-refractivity contribution in [2.24, 2.45) is 0 Å². The lowest BCUT2D eigenvalue weighted by Crippen LogP contribution is -2.45. The van der Waals surface area contributed by atoms with E-state index < -0.39 is 0 Å². The Balaban J connectivity index is 1.69. The van der Waals surface area contributed by atoms with Crippen LogP contribution >= 0.6 is 0 Å². The zero-order chi connectivity index (χ0) is 20.3. The summed E-state index contributed by atoms with van der Waals surface area (Å²) in [6.07, 6.45) is 3.60. The SMILES string of the molecule is CC(C)N1c2nc(-c3c[nH]c4ccc(-c5cn[nH]n5)cc34)cc(=O)n2CC1(C)C. The first-order chi connectivity index (χ1) is 13.8. The highest BCUT2D eigenvalue weighted by atomic mass is 16.1. The van der Waals surface area contributed by atoms with Crippen LogP contribution in [0.3, 0.4) is 0 Å². The summed E-state index contributed by atoms with van der Waals surface area (Å²) in [5, 5.41) is 11.7. The van der Waals surface area contributed by atoms with Gasteiger partial charge in [-0.15, -0.1) is 0 Å². The Morgan fingerprint density at radius 3 is 2.72 bits per heavy atom. The van der Waals surface area contributed by atoms with Crippen LogP contribution in [0.1, 0.15) is 27.7 Å². The van der Waals surface area contributed by atoms with Crippen LogP contribution in [0, 0.1) is 0 Å². The zero-order valence-corrected chi connectivity index (χ0v) is 16.9. The lowest BCUT2D eigenvalue weighted by Gasteiger charge is -2.35. The van der Waals surface area contributed by atoms with Gasteiger partial charge in [-0.3, -0.25) is 9.36 Å². The Bertz CT molecular complexity index is 1260. The Hall–Kier alpha value is -3.42. The van der Waals surface area contributed by atoms with Crippen molar-refractivity contribution in [2.45, 2.75) is 45.8 Å². The smallest absolute Gasteiger partial charge is 0.255 e. The highest BCUT2D eigenvalue weighted by Crippen LogP contribution is 2.35. The van der Waals surface area contributed by atoms with Gasteiger partial charge in [-0.05, 0) is 39.8 Å². The quantitative estimate of drug-likeness (QED) is 0.561. The fourth-order valence-electron chi connectivity index (χ4n) is 4.46. The van der Waals surface area contributed by atoms with E-state index in [0.29, 0.717) is 12.2 Å². The number of nitrogens with zero attached hydrogens (tertiary/aromatic N) is 5. The van der Waals surface area contributed by atoms with Gasteiger partial charge in [-0.2, -0.15) is 15.4 Å². The second-order valence-electron chi connectivity index (χ2n) is 8.46. The van der Waals surface area contributed by atoms with Gasteiger partial charge in [0.05, 0.1) is 24.0 Å². The minimum atomic E-state index is -0.160. The summed E-state index contributed by atoms with van der Waals surface area (Å²) in [5.41, 5.74) is 4.10. The number of benzene rings is 1. The van der Waals surface area contributed by atoms with Gasteiger partial charge in [-0.25, -0.2) is 4.98 Å². The summed E-state index contributed by atoms with van der Waals surface area (Å²) < 4.78 is 1.78. The minimum absolute atomic E-state index is 0.0248. The largest absolute Gasteiger partial charge is 0.360 e. The van der Waals surface area contributed by atoms with Crippen molar-refractivity contribution in [3.63, 3.8) is 0 Å². The maximum absolute atomic E-state index is 12.9. The predicted octanol–water partition coefficient (Wildman–Crippen LogP) is 3.18. The highest BCUT2D eigenvalue weighted by Gasteiger charge is 2.39. The molecule has 4 aromatic rings. The number of aromatic amines is 2. The molecule has 0 aliphatic carbocycles. The minimum Gasteiger partial charge on any atom is -0.360 e. The van der Waals surface area contributed by atoms with Crippen molar-refractivity contribution in [1.29, 1.82) is 0 Å². The second-order valence-corrected chi connectivity index (χ2v) is 8.46. The number of hydrogen-bond acceptors (Lipinski definition) is 5. The Morgan fingerprint density at radius 1 is 1.17 bits per heavy atom. The summed E-state index contributed by atoms with van der Waals surface area (Å²) in [6, 6.07) is 7.92. The average molecular weight is 389 g/mol. The monoisotopic (exact) mass is 389 g/mol. The first-order valence-corrected chi connectivity index (χ1v) is 9.74. The topological polar surface area (TPSA) is 95.5 Å². The van der Waals surface area contributed by atoms with E-state index in [1.807, 2.05) is 18.3 Å². The summed E-state index contributed by atoms with van der Waals surface area (Å²) in [7, 11) is 0. The van der Waals surface area contributed by atoms with Gasteiger partial charge in [0.2, 0.25) is 5.95 Å². The molecule has 3 aromatic heterocycles. The molecule has 0 radical (unpaired) electrons. The molecule has 1 aromatic carbocycles. The number of aromatic nitrogens is 6. The van der Waals surface area contributed by atoms with Gasteiger partial charge in [0.15, 0.2) is 0 Å². The lowest BCUT2D eigenvalue weighted by molar-refractivity contribution is 0.425. The number of nitrogens with one attached hydrogen (secondary N) is 2. The molecule has 1 aliphatic rings. The number of fused-ring (bicyclic) bond motifs is 2. The van der Waals surface area contributed by atoms with Crippen molar-refractivity contribution < 1.29 is 0 Å². The molecule has 2 N–H and O–H groups in total. The number of anilines is 1. The molecule has 4 heterocycles. The molecule has 8 nitrogen and oxygen atoms in total. The Labute approximate surface area is 167 Å². The van der Waals surface area contributed by atoms with E-state index in [0.717, 1.165) is 33.7 Å². The van der Waals surface area contributed by atoms with Gasteiger partial charge in [0.1, 0.15) is 5.69 Å². The third-order valence-electron chi connectivity index (χ3n) is 5.59. The molecule has 1 aliphatic heterocycles. The van der Waals surface area contributed by atoms with E-state index >= 15 is 0 Å². The first-order valence-electron chi connectivity index (χ1n) is 9.74. The molecule has 0 saturated heterocycles. The van der Waals surface area contributed by atoms with Crippen LogP contribution in [-0.2, 0) is 6.54 Å². The highest BCUT2D eigenvalue weighted by molar-refractivity contribution is 5.97. The van der Waals surface area contributed by atoms with E-state index in [1.54, 1.807) is 16.8 Å². The van der Waals surface area contributed by atoms with Crippen LogP contribution in [0.5, 0.6) is 0 Å². The molecule has 5 rings (SSSR count). The van der Waals surface area contributed by atoms with Crippen molar-refractivity contribution in [1.82, 2.24) is 29.9 Å². The van der Waals surface area contributed by atoms with E-state index in [2.05, 4.69) is 59.1 Å². The summed E-state index contributed by atoms with van der Waals surface area (Å²) >= 11 is 0. The van der Waals surface area contributed by atoms with Crippen molar-refractivity contribution >= 4 is 16.9 Å². The molecule has 0 atom stereocenters. The van der Waals surface area contributed by atoms with Gasteiger partial charge in [-0.1, -0.05) is 6.07 Å². The Morgan fingerprint density at radius 2 is 2.00 bits per heavy atom. The molecular formula is C21H23N7O. The second kappa shape index (κ2) is 6.04. The van der Waals surface area contributed by atoms with Crippen LogP contribution < -0.4 is 10.5 Å². The lowest BCUT2D eigenvalue weighted by atomic mass is 10.0. The fraction of sp³-hybridized carbons (Fsp3) is 0.333. The maximum Gasteiger partial charge on any atom is 0.255 e. The maximum atomic E-state index is 12.9. The van der Waals surface area contributed by atoms with E-state index in [4.69, 9.17) is 4.98 Å². The van der Waals surface area contributed by atoms with Crippen LogP contribution in [-0.4, -0.2) is 41.5 Å². The van der Waals surface area contributed by atoms with Gasteiger partial charge < -0.3 is 9.88 Å². The van der Waals surface area contributed by atoms with E-state index in [-0.39, 0.29) is 17.1 Å². The molecule has 0 fully saturated rings. The molecule has 0 saturated carbocycles. The molecule has 0 amide bonds. The van der Waals surface area contributed by atoms with Crippen molar-refractivity contribution in [2.75, 3.05) is 4.90 Å². The predicted molar refractivity (Wildman–Crippen MR) is 113 cm³/mol. The van der Waals surface area contributed by atoms with Crippen LogP contribution in [0.15, 0.2) is 41.5 Å². The molecule has 148 valence electrons. The van der Waals surface area contributed by atoms with Gasteiger partial charge >= 0.3 is 0 Å². The summed E-state index contributed by atoms with van der Waals surface area (Å²) in [6.45, 7) is 9.20. The average Bonchev–Trinajstić information content (AvgIpc) is 3.37. The molecule has 8 heteroatoms. The fourth-order valence-corrected chi connectivity index (χ4v) is 4.46. The third kappa shape index (κ3) is 2.66. The number of hydrogen-bond donors (Lipinski definition) is 2. The molecule has 0 unspecified atom stereocenters. The third-order valence-corrected chi connectivity index (χ3v) is 5.59. The number of H-pyrrole nitrogens is 2. The van der Waals surface area contributed by atoms with Crippen LogP contribution in [0.25, 0.3) is 33.4 Å². The van der Waals surface area contributed by atoms with Crippen LogP contribution in [0.2, 0.25) is 0 Å². The van der Waals surface area contributed by atoms with Crippen LogP contribution in [0.4, 0.5) is 5.95 Å². The molecule has 29 heavy (non-hydrogen) atoms.